The van der Waals surface area contributed by atoms with E-state index in [1.165, 1.54) is 6.20 Å². The van der Waals surface area contributed by atoms with E-state index in [0.29, 0.717) is 5.56 Å². The Bertz CT molecular complexity index is 359. The molecule has 0 saturated carbocycles. The zero-order valence-corrected chi connectivity index (χ0v) is 8.69. The Hall–Kier alpha value is -1.42. The van der Waals surface area contributed by atoms with Gasteiger partial charge in [-0.1, -0.05) is 0 Å². The minimum absolute atomic E-state index is 0.0120. The summed E-state index contributed by atoms with van der Waals surface area (Å²) in [6.45, 7) is 3.58. The molecule has 80 valence electrons. The van der Waals surface area contributed by atoms with Gasteiger partial charge in [-0.2, -0.15) is 0 Å². The van der Waals surface area contributed by atoms with Crippen molar-refractivity contribution in [3.63, 3.8) is 0 Å². The summed E-state index contributed by atoms with van der Waals surface area (Å²) in [6.07, 6.45) is 4.16. The number of nitrogens with zero attached hydrogens (tertiary/aromatic N) is 1. The summed E-state index contributed by atoms with van der Waals surface area (Å²) in [4.78, 5) is 15.6. The smallest absolute Gasteiger partial charge is 0.340 e. The fourth-order valence-corrected chi connectivity index (χ4v) is 1.61. The average Bonchev–Trinajstić information content (AvgIpc) is 2.70. The van der Waals surface area contributed by atoms with Crippen LogP contribution in [0.2, 0.25) is 0 Å². The molecule has 0 radical (unpaired) electrons. The lowest BCUT2D eigenvalue weighted by Crippen LogP contribution is -2.20. The van der Waals surface area contributed by atoms with Gasteiger partial charge in [-0.15, -0.1) is 0 Å². The van der Waals surface area contributed by atoms with E-state index in [4.69, 9.17) is 4.74 Å². The predicted octanol–water partition coefficient (Wildman–Crippen LogP) is 0.909. The maximum absolute atomic E-state index is 11.7. The van der Waals surface area contributed by atoms with Gasteiger partial charge in [0, 0.05) is 18.9 Å². The van der Waals surface area contributed by atoms with Crippen LogP contribution in [-0.4, -0.2) is 30.1 Å². The second kappa shape index (κ2) is 4.40. The Morgan fingerprint density at radius 1 is 1.60 bits per heavy atom. The monoisotopic (exact) mass is 206 g/mol. The van der Waals surface area contributed by atoms with Crippen molar-refractivity contribution in [1.29, 1.82) is 0 Å². The molecule has 0 unspecified atom stereocenters. The molecule has 2 rings (SSSR count). The van der Waals surface area contributed by atoms with Gasteiger partial charge in [0.1, 0.15) is 6.10 Å². The number of carbonyl (C=O) groups is 1. The molecule has 1 aromatic rings. The van der Waals surface area contributed by atoms with Gasteiger partial charge < -0.3 is 10.1 Å². The normalized spacial score (nSPS) is 20.2. The fourth-order valence-electron chi connectivity index (χ4n) is 1.61. The summed E-state index contributed by atoms with van der Waals surface area (Å²) in [5.41, 5.74) is 1.50. The van der Waals surface area contributed by atoms with Crippen LogP contribution < -0.4 is 5.32 Å². The van der Waals surface area contributed by atoms with Crippen molar-refractivity contribution in [1.82, 2.24) is 10.3 Å². The van der Waals surface area contributed by atoms with Crippen molar-refractivity contribution < 1.29 is 9.53 Å². The molecule has 0 aliphatic carbocycles. The standard InChI is InChI=1S/C11H14N2O2/c1-8-4-9(6-13-5-8)11(14)15-10-2-3-12-7-10/h4-6,10,12H,2-3,7H2,1H3/t10-/m0/s1. The first kappa shape index (κ1) is 10.1. The van der Waals surface area contributed by atoms with Crippen molar-refractivity contribution in [2.24, 2.45) is 0 Å². The van der Waals surface area contributed by atoms with E-state index >= 15 is 0 Å². The SMILES string of the molecule is Cc1cncc(C(=O)O[C@H]2CCNC2)c1. The van der Waals surface area contributed by atoms with Crippen LogP contribution in [0.3, 0.4) is 0 Å². The number of pyridine rings is 1. The van der Waals surface area contributed by atoms with Crippen molar-refractivity contribution >= 4 is 5.97 Å². The van der Waals surface area contributed by atoms with Crippen LogP contribution in [0.4, 0.5) is 0 Å². The van der Waals surface area contributed by atoms with Crippen molar-refractivity contribution in [3.05, 3.63) is 29.6 Å². The van der Waals surface area contributed by atoms with E-state index in [2.05, 4.69) is 10.3 Å². The number of rotatable bonds is 2. The van der Waals surface area contributed by atoms with Gasteiger partial charge in [0.25, 0.3) is 0 Å². The van der Waals surface area contributed by atoms with Crippen molar-refractivity contribution in [2.75, 3.05) is 13.1 Å². The van der Waals surface area contributed by atoms with Crippen molar-refractivity contribution in [2.45, 2.75) is 19.4 Å². The van der Waals surface area contributed by atoms with Crippen LogP contribution in [0.25, 0.3) is 0 Å². The lowest BCUT2D eigenvalue weighted by atomic mass is 10.2. The molecular weight excluding hydrogens is 192 g/mol. The van der Waals surface area contributed by atoms with Crippen LogP contribution in [0.1, 0.15) is 22.3 Å². The van der Waals surface area contributed by atoms with E-state index in [-0.39, 0.29) is 12.1 Å². The summed E-state index contributed by atoms with van der Waals surface area (Å²) in [5.74, 6) is -0.278. The molecule has 1 N–H and O–H groups in total. The molecule has 4 heteroatoms. The first-order valence-corrected chi connectivity index (χ1v) is 5.09. The van der Waals surface area contributed by atoms with Gasteiger partial charge in [-0.05, 0) is 31.5 Å². The van der Waals surface area contributed by atoms with E-state index in [1.807, 2.05) is 6.92 Å². The highest BCUT2D eigenvalue weighted by molar-refractivity contribution is 5.89. The molecule has 1 atom stereocenters. The first-order valence-electron chi connectivity index (χ1n) is 5.09. The Kier molecular flexibility index (Phi) is 2.97. The molecule has 2 heterocycles. The van der Waals surface area contributed by atoms with E-state index < -0.39 is 0 Å². The predicted molar refractivity (Wildman–Crippen MR) is 55.7 cm³/mol. The van der Waals surface area contributed by atoms with E-state index in [1.54, 1.807) is 12.3 Å². The Balaban J connectivity index is 2.01. The van der Waals surface area contributed by atoms with Gasteiger partial charge in [-0.3, -0.25) is 4.98 Å². The summed E-state index contributed by atoms with van der Waals surface area (Å²) in [7, 11) is 0. The number of hydrogen-bond acceptors (Lipinski definition) is 4. The van der Waals surface area contributed by atoms with Crippen LogP contribution in [0, 0.1) is 6.92 Å². The molecule has 0 amide bonds. The molecule has 15 heavy (non-hydrogen) atoms. The lowest BCUT2D eigenvalue weighted by Gasteiger charge is -2.10. The third kappa shape index (κ3) is 2.53. The molecule has 0 bridgehead atoms. The zero-order valence-electron chi connectivity index (χ0n) is 8.69. The molecule has 1 aliphatic rings. The maximum atomic E-state index is 11.7. The number of carbonyl (C=O) groups excluding carboxylic acids is 1. The highest BCUT2D eigenvalue weighted by atomic mass is 16.5. The van der Waals surface area contributed by atoms with Gasteiger partial charge in [0.15, 0.2) is 0 Å². The maximum Gasteiger partial charge on any atom is 0.340 e. The Labute approximate surface area is 88.7 Å². The molecule has 1 aromatic heterocycles. The van der Waals surface area contributed by atoms with Crippen molar-refractivity contribution in [3.8, 4) is 0 Å². The highest BCUT2D eigenvalue weighted by Crippen LogP contribution is 2.09. The molecule has 1 fully saturated rings. The molecule has 0 spiro atoms. The minimum atomic E-state index is -0.278. The van der Waals surface area contributed by atoms with Crippen LogP contribution in [-0.2, 0) is 4.74 Å². The van der Waals surface area contributed by atoms with Crippen LogP contribution >= 0.6 is 0 Å². The second-order valence-electron chi connectivity index (χ2n) is 3.77. The molecule has 0 aromatic carbocycles. The molecular formula is C11H14N2O2. The second-order valence-corrected chi connectivity index (χ2v) is 3.77. The number of aryl methyl sites for hydroxylation is 1. The van der Waals surface area contributed by atoms with Crippen LogP contribution in [0.15, 0.2) is 18.5 Å². The topological polar surface area (TPSA) is 51.2 Å². The highest BCUT2D eigenvalue weighted by Gasteiger charge is 2.19. The fraction of sp³-hybridized carbons (Fsp3) is 0.455. The lowest BCUT2D eigenvalue weighted by molar-refractivity contribution is 0.0344. The summed E-state index contributed by atoms with van der Waals surface area (Å²) < 4.78 is 5.31. The van der Waals surface area contributed by atoms with Gasteiger partial charge in [0.2, 0.25) is 0 Å². The molecule has 1 aliphatic heterocycles. The van der Waals surface area contributed by atoms with Crippen LogP contribution in [0.5, 0.6) is 0 Å². The number of ether oxygens (including phenoxy) is 1. The van der Waals surface area contributed by atoms with Gasteiger partial charge in [-0.25, -0.2) is 4.79 Å². The van der Waals surface area contributed by atoms with E-state index in [0.717, 1.165) is 25.1 Å². The third-order valence-corrected chi connectivity index (χ3v) is 2.40. The quantitative estimate of drug-likeness (QED) is 0.731. The number of nitrogens with one attached hydrogen (secondary N) is 1. The minimum Gasteiger partial charge on any atom is -0.457 e. The van der Waals surface area contributed by atoms with Gasteiger partial charge in [0.05, 0.1) is 5.56 Å². The average molecular weight is 206 g/mol. The largest absolute Gasteiger partial charge is 0.457 e. The summed E-state index contributed by atoms with van der Waals surface area (Å²) in [6, 6.07) is 1.79. The Morgan fingerprint density at radius 2 is 2.47 bits per heavy atom. The van der Waals surface area contributed by atoms with E-state index in [9.17, 15) is 4.79 Å². The summed E-state index contributed by atoms with van der Waals surface area (Å²) in [5, 5.41) is 3.15. The third-order valence-electron chi connectivity index (χ3n) is 2.40. The Morgan fingerprint density at radius 3 is 3.13 bits per heavy atom. The molecule has 4 nitrogen and oxygen atoms in total. The van der Waals surface area contributed by atoms with Gasteiger partial charge >= 0.3 is 5.97 Å². The molecule has 1 saturated heterocycles. The number of esters is 1. The zero-order chi connectivity index (χ0) is 10.7. The number of hydrogen-bond donors (Lipinski definition) is 1. The number of aromatic nitrogens is 1. The summed E-state index contributed by atoms with van der Waals surface area (Å²) >= 11 is 0. The first-order chi connectivity index (χ1) is 7.25.